The smallest absolute Gasteiger partial charge is 0.344 e. The second-order valence-electron chi connectivity index (χ2n) is 5.92. The quantitative estimate of drug-likeness (QED) is 0.271. The van der Waals surface area contributed by atoms with Crippen LogP contribution in [0.15, 0.2) is 12.7 Å². The first kappa shape index (κ1) is 16.9. The maximum Gasteiger partial charge on any atom is 0.344 e. The van der Waals surface area contributed by atoms with E-state index in [0.29, 0.717) is 6.42 Å². The van der Waals surface area contributed by atoms with Gasteiger partial charge in [0.2, 0.25) is 0 Å². The lowest BCUT2D eigenvalue weighted by Gasteiger charge is -2.30. The third-order valence-corrected chi connectivity index (χ3v) is 6.30. The molecule has 1 saturated heterocycles. The highest BCUT2D eigenvalue weighted by Crippen LogP contribution is 2.56. The van der Waals surface area contributed by atoms with Crippen molar-refractivity contribution in [3.8, 4) is 0 Å². The van der Waals surface area contributed by atoms with Gasteiger partial charge in [-0.2, -0.15) is 8.42 Å². The van der Waals surface area contributed by atoms with Gasteiger partial charge in [-0.3, -0.25) is 8.98 Å². The molecule has 2 bridgehead atoms. The van der Waals surface area contributed by atoms with E-state index in [-0.39, 0.29) is 0 Å². The third-order valence-electron chi connectivity index (χ3n) is 4.53. The molecule has 2 saturated carbocycles. The summed E-state index contributed by atoms with van der Waals surface area (Å²) in [4.78, 5) is 34.0. The molecule has 6 unspecified atom stereocenters. The van der Waals surface area contributed by atoms with Crippen LogP contribution in [-0.4, -0.2) is 56.5 Å². The van der Waals surface area contributed by atoms with Gasteiger partial charge in [0.05, 0.1) is 0 Å². The molecule has 0 N–H and O–H groups in total. The summed E-state index contributed by atoms with van der Waals surface area (Å²) in [6, 6.07) is 0. The van der Waals surface area contributed by atoms with Crippen molar-refractivity contribution in [1.29, 1.82) is 0 Å². The molecule has 1 aliphatic heterocycles. The van der Waals surface area contributed by atoms with Gasteiger partial charge in [0.15, 0.2) is 6.61 Å². The van der Waals surface area contributed by atoms with E-state index in [2.05, 4.69) is 11.3 Å². The molecule has 3 fully saturated rings. The molecule has 3 aliphatic rings. The number of carbonyl (C=O) groups excluding carboxylic acids is 3. The van der Waals surface area contributed by atoms with Gasteiger partial charge in [0, 0.05) is 24.8 Å². The van der Waals surface area contributed by atoms with Crippen molar-refractivity contribution in [3.05, 3.63) is 12.7 Å². The van der Waals surface area contributed by atoms with Crippen LogP contribution in [0, 0.1) is 11.8 Å². The monoisotopic (exact) mass is 360 g/mol. The normalized spacial score (nSPS) is 37.7. The molecule has 0 aromatic carbocycles. The predicted molar refractivity (Wildman–Crippen MR) is 75.8 cm³/mol. The van der Waals surface area contributed by atoms with E-state index in [1.807, 2.05) is 0 Å². The largest absolute Gasteiger partial charge is 0.459 e. The molecule has 132 valence electrons. The molecule has 1 heterocycles. The lowest BCUT2D eigenvalue weighted by molar-refractivity contribution is -0.169. The van der Waals surface area contributed by atoms with Gasteiger partial charge >= 0.3 is 17.9 Å². The molecule has 10 heteroatoms. The SMILES string of the molecule is C=CC(=O)OCC(=O)OC1C2CC3C(OS(=O)(=O)C31)C2OC(C)=O. The molecular weight excluding hydrogens is 344 g/mol. The molecule has 0 aromatic rings. The van der Waals surface area contributed by atoms with Crippen LogP contribution in [0.1, 0.15) is 13.3 Å². The molecule has 0 aromatic heterocycles. The Hall–Kier alpha value is -1.94. The number of esters is 3. The summed E-state index contributed by atoms with van der Waals surface area (Å²) in [5, 5.41) is -0.988. The van der Waals surface area contributed by atoms with E-state index in [0.717, 1.165) is 6.08 Å². The fraction of sp³-hybridized carbons (Fsp3) is 0.643. The Bertz CT molecular complexity index is 697. The van der Waals surface area contributed by atoms with Crippen LogP contribution >= 0.6 is 0 Å². The minimum atomic E-state index is -3.92. The molecule has 2 aliphatic carbocycles. The minimum absolute atomic E-state index is 0.391. The first-order chi connectivity index (χ1) is 11.2. The Balaban J connectivity index is 1.75. The van der Waals surface area contributed by atoms with E-state index in [1.165, 1.54) is 6.92 Å². The highest BCUT2D eigenvalue weighted by atomic mass is 32.2. The van der Waals surface area contributed by atoms with Crippen molar-refractivity contribution in [3.63, 3.8) is 0 Å². The van der Waals surface area contributed by atoms with Crippen LogP contribution in [0.2, 0.25) is 0 Å². The van der Waals surface area contributed by atoms with Crippen LogP contribution in [0.4, 0.5) is 0 Å². The Kier molecular flexibility index (Phi) is 4.12. The first-order valence-corrected chi connectivity index (χ1v) is 8.79. The number of carbonyl (C=O) groups is 3. The maximum atomic E-state index is 12.2. The van der Waals surface area contributed by atoms with Gasteiger partial charge in [-0.05, 0) is 6.42 Å². The summed E-state index contributed by atoms with van der Waals surface area (Å²) in [7, 11) is -3.92. The van der Waals surface area contributed by atoms with Crippen molar-refractivity contribution in [2.45, 2.75) is 36.9 Å². The van der Waals surface area contributed by atoms with Crippen LogP contribution < -0.4 is 0 Å². The molecule has 0 spiro atoms. The van der Waals surface area contributed by atoms with E-state index in [9.17, 15) is 22.8 Å². The van der Waals surface area contributed by atoms with Gasteiger partial charge in [0.25, 0.3) is 10.1 Å². The second-order valence-corrected chi connectivity index (χ2v) is 7.64. The average Bonchev–Trinajstić information content (AvgIpc) is 3.07. The summed E-state index contributed by atoms with van der Waals surface area (Å²) in [5.41, 5.74) is 0. The fourth-order valence-corrected chi connectivity index (χ4v) is 5.77. The van der Waals surface area contributed by atoms with Gasteiger partial charge < -0.3 is 14.2 Å². The van der Waals surface area contributed by atoms with E-state index < -0.39 is 70.0 Å². The predicted octanol–water partition coefficient (Wildman–Crippen LogP) is -0.694. The summed E-state index contributed by atoms with van der Waals surface area (Å²) in [6.07, 6.45) is -1.21. The van der Waals surface area contributed by atoms with Crippen molar-refractivity contribution < 1.29 is 41.2 Å². The van der Waals surface area contributed by atoms with Gasteiger partial charge in [-0.15, -0.1) is 0 Å². The average molecular weight is 360 g/mol. The van der Waals surface area contributed by atoms with E-state index in [4.69, 9.17) is 13.7 Å². The first-order valence-electron chi connectivity index (χ1n) is 7.32. The highest BCUT2D eigenvalue weighted by Gasteiger charge is 2.71. The zero-order valence-corrected chi connectivity index (χ0v) is 13.6. The molecule has 0 radical (unpaired) electrons. The Morgan fingerprint density at radius 2 is 1.92 bits per heavy atom. The van der Waals surface area contributed by atoms with Gasteiger partial charge in [-0.25, -0.2) is 9.59 Å². The van der Waals surface area contributed by atoms with Gasteiger partial charge in [-0.1, -0.05) is 6.58 Å². The second kappa shape index (κ2) is 5.85. The zero-order valence-electron chi connectivity index (χ0n) is 12.7. The molecule has 6 atom stereocenters. The number of ether oxygens (including phenoxy) is 3. The summed E-state index contributed by atoms with van der Waals surface area (Å²) >= 11 is 0. The zero-order chi connectivity index (χ0) is 17.6. The van der Waals surface area contributed by atoms with Crippen molar-refractivity contribution >= 4 is 28.0 Å². The number of hydrogen-bond donors (Lipinski definition) is 0. The van der Waals surface area contributed by atoms with Crippen LogP contribution in [0.5, 0.6) is 0 Å². The van der Waals surface area contributed by atoms with Gasteiger partial charge in [0.1, 0.15) is 23.6 Å². The lowest BCUT2D eigenvalue weighted by Crippen LogP contribution is -2.47. The molecule has 9 nitrogen and oxygen atoms in total. The summed E-state index contributed by atoms with van der Waals surface area (Å²) in [5.74, 6) is -3.11. The minimum Gasteiger partial charge on any atom is -0.459 e. The van der Waals surface area contributed by atoms with Crippen molar-refractivity contribution in [1.82, 2.24) is 0 Å². The number of fused-ring (bicyclic) bond motifs is 1. The summed E-state index contributed by atoms with van der Waals surface area (Å²) in [6.45, 7) is 3.74. The Labute approximate surface area is 138 Å². The molecule has 24 heavy (non-hydrogen) atoms. The lowest BCUT2D eigenvalue weighted by atomic mass is 9.91. The van der Waals surface area contributed by atoms with Crippen molar-refractivity contribution in [2.75, 3.05) is 6.61 Å². The number of hydrogen-bond acceptors (Lipinski definition) is 9. The molecule has 0 amide bonds. The highest BCUT2D eigenvalue weighted by molar-refractivity contribution is 7.87. The van der Waals surface area contributed by atoms with Crippen LogP contribution in [0.25, 0.3) is 0 Å². The van der Waals surface area contributed by atoms with E-state index in [1.54, 1.807) is 0 Å². The number of rotatable bonds is 5. The van der Waals surface area contributed by atoms with Crippen LogP contribution in [0.3, 0.4) is 0 Å². The van der Waals surface area contributed by atoms with Crippen molar-refractivity contribution in [2.24, 2.45) is 11.8 Å². The maximum absolute atomic E-state index is 12.2. The van der Waals surface area contributed by atoms with E-state index >= 15 is 0 Å². The topological polar surface area (TPSA) is 122 Å². The van der Waals surface area contributed by atoms with Crippen LogP contribution in [-0.2, 0) is 42.9 Å². The fourth-order valence-electron chi connectivity index (χ4n) is 3.80. The summed E-state index contributed by atoms with van der Waals surface area (Å²) < 4.78 is 44.4. The standard InChI is InChI=1S/C14H16O9S/c1-3-9(16)20-5-10(17)22-13-7-4-8-12(11(7)21-6(2)15)23-24(18,19)14(8)13/h3,7-8,11-14H,1,4-5H2,2H3. The third kappa shape index (κ3) is 2.69. The molecular formula is C14H16O9S. The Morgan fingerprint density at radius 3 is 2.54 bits per heavy atom. The molecule has 3 rings (SSSR count). The Morgan fingerprint density at radius 1 is 1.21 bits per heavy atom.